The Labute approximate surface area is 114 Å². The Morgan fingerprint density at radius 3 is 3.06 bits per heavy atom. The second-order valence-electron chi connectivity index (χ2n) is 4.09. The van der Waals surface area contributed by atoms with E-state index in [1.165, 1.54) is 0 Å². The van der Waals surface area contributed by atoms with Gasteiger partial charge in [-0.25, -0.2) is 4.98 Å². The first-order valence-electron chi connectivity index (χ1n) is 6.36. The van der Waals surface area contributed by atoms with Gasteiger partial charge in [-0.2, -0.15) is 0 Å². The standard InChI is InChI=1S/C14H21ClN2O/c1-3-5-6-8-18-14-13(15)9-12(11-17-14)10-16-7-4-2/h3,9,11,16H,1,4-8,10H2,2H3. The van der Waals surface area contributed by atoms with E-state index >= 15 is 0 Å². The smallest absolute Gasteiger partial charge is 0.232 e. The number of halogens is 1. The minimum absolute atomic E-state index is 0.514. The van der Waals surface area contributed by atoms with Gasteiger partial charge in [0, 0.05) is 12.7 Å². The van der Waals surface area contributed by atoms with Gasteiger partial charge in [-0.1, -0.05) is 24.6 Å². The third kappa shape index (κ3) is 5.52. The van der Waals surface area contributed by atoms with Crippen LogP contribution in [0.5, 0.6) is 5.88 Å². The minimum Gasteiger partial charge on any atom is -0.477 e. The molecule has 0 amide bonds. The zero-order valence-electron chi connectivity index (χ0n) is 10.9. The fraction of sp³-hybridized carbons (Fsp3) is 0.500. The fourth-order valence-corrected chi connectivity index (χ4v) is 1.72. The first kappa shape index (κ1) is 15.0. The van der Waals surface area contributed by atoms with Crippen LogP contribution >= 0.6 is 11.6 Å². The quantitative estimate of drug-likeness (QED) is 0.549. The Morgan fingerprint density at radius 1 is 1.56 bits per heavy atom. The van der Waals surface area contributed by atoms with Crippen molar-refractivity contribution >= 4 is 11.6 Å². The molecule has 0 aromatic carbocycles. The summed E-state index contributed by atoms with van der Waals surface area (Å²) >= 11 is 6.12. The molecule has 0 unspecified atom stereocenters. The van der Waals surface area contributed by atoms with E-state index in [9.17, 15) is 0 Å². The molecule has 0 spiro atoms. The Hall–Kier alpha value is -1.06. The second-order valence-corrected chi connectivity index (χ2v) is 4.49. The van der Waals surface area contributed by atoms with E-state index in [1.54, 1.807) is 6.20 Å². The van der Waals surface area contributed by atoms with Gasteiger partial charge in [0.05, 0.1) is 6.61 Å². The van der Waals surface area contributed by atoms with Gasteiger partial charge < -0.3 is 10.1 Å². The number of nitrogens with zero attached hydrogens (tertiary/aromatic N) is 1. The molecule has 1 N–H and O–H groups in total. The normalized spacial score (nSPS) is 10.3. The predicted octanol–water partition coefficient (Wildman–Crippen LogP) is 3.58. The third-order valence-electron chi connectivity index (χ3n) is 2.41. The lowest BCUT2D eigenvalue weighted by molar-refractivity contribution is 0.300. The van der Waals surface area contributed by atoms with Gasteiger partial charge in [0.1, 0.15) is 5.02 Å². The van der Waals surface area contributed by atoms with Crippen LogP contribution < -0.4 is 10.1 Å². The lowest BCUT2D eigenvalue weighted by Crippen LogP contribution is -2.14. The van der Waals surface area contributed by atoms with Gasteiger partial charge in [0.15, 0.2) is 0 Å². The molecule has 0 aliphatic rings. The van der Waals surface area contributed by atoms with Crippen molar-refractivity contribution in [2.75, 3.05) is 13.2 Å². The summed E-state index contributed by atoms with van der Waals surface area (Å²) in [5.74, 6) is 0.514. The Morgan fingerprint density at radius 2 is 2.39 bits per heavy atom. The van der Waals surface area contributed by atoms with Crippen LogP contribution in [0.1, 0.15) is 31.7 Å². The van der Waals surface area contributed by atoms with Crippen LogP contribution in [0, 0.1) is 0 Å². The van der Waals surface area contributed by atoms with Crippen LogP contribution in [0.15, 0.2) is 24.9 Å². The van der Waals surface area contributed by atoms with Gasteiger partial charge in [0.25, 0.3) is 0 Å². The summed E-state index contributed by atoms with van der Waals surface area (Å²) in [5, 5.41) is 3.88. The van der Waals surface area contributed by atoms with Gasteiger partial charge in [-0.15, -0.1) is 6.58 Å². The molecular formula is C14H21ClN2O. The molecule has 3 nitrogen and oxygen atoms in total. The van der Waals surface area contributed by atoms with Crippen molar-refractivity contribution in [3.05, 3.63) is 35.5 Å². The summed E-state index contributed by atoms with van der Waals surface area (Å²) in [6.07, 6.45) is 6.67. The molecule has 0 bridgehead atoms. The molecule has 4 heteroatoms. The molecule has 1 rings (SSSR count). The van der Waals surface area contributed by atoms with Crippen LogP contribution in [0.3, 0.4) is 0 Å². The third-order valence-corrected chi connectivity index (χ3v) is 2.68. The molecule has 0 atom stereocenters. The maximum absolute atomic E-state index is 6.12. The number of allylic oxidation sites excluding steroid dienone is 1. The van der Waals surface area contributed by atoms with Crippen molar-refractivity contribution in [3.8, 4) is 5.88 Å². The summed E-state index contributed by atoms with van der Waals surface area (Å²) in [4.78, 5) is 4.23. The molecule has 18 heavy (non-hydrogen) atoms. The van der Waals surface area contributed by atoms with E-state index < -0.39 is 0 Å². The number of nitrogens with one attached hydrogen (secondary N) is 1. The average Bonchev–Trinajstić information content (AvgIpc) is 2.37. The summed E-state index contributed by atoms with van der Waals surface area (Å²) < 4.78 is 5.51. The van der Waals surface area contributed by atoms with Crippen molar-refractivity contribution in [1.82, 2.24) is 10.3 Å². The maximum atomic E-state index is 6.12. The zero-order chi connectivity index (χ0) is 13.2. The fourth-order valence-electron chi connectivity index (χ4n) is 1.47. The molecule has 0 aliphatic carbocycles. The molecule has 0 radical (unpaired) electrons. The van der Waals surface area contributed by atoms with Crippen LogP contribution in [0.4, 0.5) is 0 Å². The van der Waals surface area contributed by atoms with Crippen LogP contribution in [-0.2, 0) is 6.54 Å². The molecule has 1 aromatic rings. The number of ether oxygens (including phenoxy) is 1. The van der Waals surface area contributed by atoms with Crippen LogP contribution in [0.25, 0.3) is 0 Å². The number of pyridine rings is 1. The van der Waals surface area contributed by atoms with E-state index in [0.29, 0.717) is 17.5 Å². The molecule has 0 aliphatic heterocycles. The first-order chi connectivity index (χ1) is 8.77. The highest BCUT2D eigenvalue weighted by Gasteiger charge is 2.04. The molecule has 100 valence electrons. The number of hydrogen-bond acceptors (Lipinski definition) is 3. The topological polar surface area (TPSA) is 34.1 Å². The van der Waals surface area contributed by atoms with E-state index in [-0.39, 0.29) is 0 Å². The Kier molecular flexibility index (Phi) is 7.46. The Bertz CT molecular complexity index is 369. The molecule has 1 heterocycles. The summed E-state index contributed by atoms with van der Waals surface area (Å²) in [6.45, 7) is 8.21. The lowest BCUT2D eigenvalue weighted by atomic mass is 10.3. The molecule has 0 saturated carbocycles. The monoisotopic (exact) mass is 268 g/mol. The van der Waals surface area contributed by atoms with Crippen molar-refractivity contribution < 1.29 is 4.74 Å². The summed E-state index contributed by atoms with van der Waals surface area (Å²) in [6, 6.07) is 1.90. The molecular weight excluding hydrogens is 248 g/mol. The van der Waals surface area contributed by atoms with E-state index in [1.807, 2.05) is 12.1 Å². The molecule has 1 aromatic heterocycles. The van der Waals surface area contributed by atoms with E-state index in [0.717, 1.165) is 37.9 Å². The Balaban J connectivity index is 2.43. The first-order valence-corrected chi connectivity index (χ1v) is 6.74. The van der Waals surface area contributed by atoms with Gasteiger partial charge in [-0.05, 0) is 37.4 Å². The maximum Gasteiger partial charge on any atom is 0.232 e. The highest BCUT2D eigenvalue weighted by molar-refractivity contribution is 6.31. The van der Waals surface area contributed by atoms with Gasteiger partial charge in [-0.3, -0.25) is 0 Å². The predicted molar refractivity (Wildman–Crippen MR) is 76.2 cm³/mol. The van der Waals surface area contributed by atoms with Gasteiger partial charge >= 0.3 is 0 Å². The largest absolute Gasteiger partial charge is 0.477 e. The van der Waals surface area contributed by atoms with Crippen molar-refractivity contribution in [2.24, 2.45) is 0 Å². The van der Waals surface area contributed by atoms with Crippen molar-refractivity contribution in [2.45, 2.75) is 32.7 Å². The van der Waals surface area contributed by atoms with E-state index in [2.05, 4.69) is 23.8 Å². The SMILES string of the molecule is C=CCCCOc1ncc(CNCCC)cc1Cl. The van der Waals surface area contributed by atoms with Crippen LogP contribution in [-0.4, -0.2) is 18.1 Å². The highest BCUT2D eigenvalue weighted by Crippen LogP contribution is 2.22. The van der Waals surface area contributed by atoms with Crippen molar-refractivity contribution in [1.29, 1.82) is 0 Å². The lowest BCUT2D eigenvalue weighted by Gasteiger charge is -2.08. The number of rotatable bonds is 9. The second kappa shape index (κ2) is 8.95. The van der Waals surface area contributed by atoms with Crippen molar-refractivity contribution in [3.63, 3.8) is 0 Å². The minimum atomic E-state index is 0.514. The number of aromatic nitrogens is 1. The molecule has 0 fully saturated rings. The summed E-state index contributed by atoms with van der Waals surface area (Å²) in [7, 11) is 0. The summed E-state index contributed by atoms with van der Waals surface area (Å²) in [5.41, 5.74) is 1.08. The zero-order valence-corrected chi connectivity index (χ0v) is 11.7. The average molecular weight is 269 g/mol. The van der Waals surface area contributed by atoms with Crippen LogP contribution in [0.2, 0.25) is 5.02 Å². The van der Waals surface area contributed by atoms with E-state index in [4.69, 9.17) is 16.3 Å². The molecule has 0 saturated heterocycles. The number of unbranched alkanes of at least 4 members (excludes halogenated alkanes) is 1. The van der Waals surface area contributed by atoms with Gasteiger partial charge in [0.2, 0.25) is 5.88 Å². The number of hydrogen-bond donors (Lipinski definition) is 1. The highest BCUT2D eigenvalue weighted by atomic mass is 35.5.